The molecule has 3 heteroatoms. The normalized spacial score (nSPS) is 20.2. The maximum absolute atomic E-state index is 6.04. The smallest absolute Gasteiger partial charge is 0.0477 e. The first kappa shape index (κ1) is 13.9. The van der Waals surface area contributed by atoms with E-state index < -0.39 is 0 Å². The zero-order valence-electron chi connectivity index (χ0n) is 11.0. The molecule has 96 valence electrons. The van der Waals surface area contributed by atoms with Crippen molar-refractivity contribution in [2.45, 2.75) is 44.6 Å². The second kappa shape index (κ2) is 8.04. The van der Waals surface area contributed by atoms with Crippen LogP contribution < -0.4 is 5.73 Å². The molecule has 1 unspecified atom stereocenters. The van der Waals surface area contributed by atoms with Gasteiger partial charge in [0.2, 0.25) is 0 Å². The highest BCUT2D eigenvalue weighted by Crippen LogP contribution is 2.24. The Morgan fingerprint density at radius 1 is 1.31 bits per heavy atom. The predicted octanol–water partition coefficient (Wildman–Crippen LogP) is 1.86. The van der Waals surface area contributed by atoms with Crippen molar-refractivity contribution in [2.75, 3.05) is 33.9 Å². The van der Waals surface area contributed by atoms with Gasteiger partial charge in [-0.05, 0) is 32.2 Å². The lowest BCUT2D eigenvalue weighted by atomic mass is 9.89. The zero-order valence-corrected chi connectivity index (χ0v) is 11.0. The van der Waals surface area contributed by atoms with E-state index >= 15 is 0 Å². The van der Waals surface area contributed by atoms with Crippen LogP contribution in [-0.4, -0.2) is 44.8 Å². The van der Waals surface area contributed by atoms with Gasteiger partial charge in [-0.15, -0.1) is 0 Å². The molecule has 0 spiro atoms. The molecule has 0 aromatic rings. The van der Waals surface area contributed by atoms with Crippen LogP contribution in [0.15, 0.2) is 0 Å². The van der Waals surface area contributed by atoms with E-state index in [0.29, 0.717) is 0 Å². The van der Waals surface area contributed by atoms with Gasteiger partial charge in [0.25, 0.3) is 0 Å². The standard InChI is InChI=1S/C13H28N2O/c1-15(11-13(14)8-9-16-2)10-12-6-4-3-5-7-12/h12-13H,3-11,14H2,1-2H3. The number of rotatable bonds is 7. The summed E-state index contributed by atoms with van der Waals surface area (Å²) >= 11 is 0. The van der Waals surface area contributed by atoms with Crippen LogP contribution in [0.2, 0.25) is 0 Å². The van der Waals surface area contributed by atoms with Gasteiger partial charge >= 0.3 is 0 Å². The summed E-state index contributed by atoms with van der Waals surface area (Å²) in [5.74, 6) is 0.911. The van der Waals surface area contributed by atoms with Gasteiger partial charge < -0.3 is 15.4 Å². The van der Waals surface area contributed by atoms with Crippen molar-refractivity contribution in [1.82, 2.24) is 4.90 Å². The number of ether oxygens (including phenoxy) is 1. The summed E-state index contributed by atoms with van der Waals surface area (Å²) in [6.45, 7) is 3.00. The maximum atomic E-state index is 6.04. The van der Waals surface area contributed by atoms with Crippen LogP contribution in [0.25, 0.3) is 0 Å². The van der Waals surface area contributed by atoms with Crippen molar-refractivity contribution in [3.63, 3.8) is 0 Å². The molecular weight excluding hydrogens is 200 g/mol. The van der Waals surface area contributed by atoms with E-state index in [0.717, 1.165) is 25.5 Å². The van der Waals surface area contributed by atoms with E-state index in [1.54, 1.807) is 7.11 Å². The molecule has 1 aliphatic rings. The van der Waals surface area contributed by atoms with Crippen LogP contribution in [0.5, 0.6) is 0 Å². The molecule has 0 bridgehead atoms. The third kappa shape index (κ3) is 5.83. The fraction of sp³-hybridized carbons (Fsp3) is 1.00. The van der Waals surface area contributed by atoms with Crippen molar-refractivity contribution < 1.29 is 4.74 Å². The van der Waals surface area contributed by atoms with Crippen molar-refractivity contribution in [3.8, 4) is 0 Å². The Morgan fingerprint density at radius 2 is 2.00 bits per heavy atom. The quantitative estimate of drug-likeness (QED) is 0.723. The summed E-state index contributed by atoms with van der Waals surface area (Å²) in [7, 11) is 3.93. The first-order valence-corrected chi connectivity index (χ1v) is 6.65. The highest BCUT2D eigenvalue weighted by Gasteiger charge is 2.16. The van der Waals surface area contributed by atoms with Crippen LogP contribution >= 0.6 is 0 Å². The number of nitrogens with two attached hydrogens (primary N) is 1. The molecule has 3 nitrogen and oxygen atoms in total. The molecule has 0 amide bonds. The first-order valence-electron chi connectivity index (χ1n) is 6.65. The molecule has 1 saturated carbocycles. The van der Waals surface area contributed by atoms with Gasteiger partial charge in [0.05, 0.1) is 0 Å². The van der Waals surface area contributed by atoms with Gasteiger partial charge in [-0.25, -0.2) is 0 Å². The highest BCUT2D eigenvalue weighted by molar-refractivity contribution is 4.72. The number of methoxy groups -OCH3 is 1. The minimum Gasteiger partial charge on any atom is -0.385 e. The fourth-order valence-electron chi connectivity index (χ4n) is 2.65. The minimum absolute atomic E-state index is 0.258. The summed E-state index contributed by atoms with van der Waals surface area (Å²) in [6.07, 6.45) is 8.08. The van der Waals surface area contributed by atoms with Crippen LogP contribution in [0.3, 0.4) is 0 Å². The maximum Gasteiger partial charge on any atom is 0.0477 e. The molecule has 1 atom stereocenters. The largest absolute Gasteiger partial charge is 0.385 e. The van der Waals surface area contributed by atoms with Gasteiger partial charge in [-0.2, -0.15) is 0 Å². The van der Waals surface area contributed by atoms with E-state index in [2.05, 4.69) is 11.9 Å². The van der Waals surface area contributed by atoms with E-state index in [1.807, 2.05) is 0 Å². The molecule has 0 heterocycles. The van der Waals surface area contributed by atoms with E-state index in [9.17, 15) is 0 Å². The van der Waals surface area contributed by atoms with Gasteiger partial charge in [0, 0.05) is 32.8 Å². The van der Waals surface area contributed by atoms with E-state index in [4.69, 9.17) is 10.5 Å². The molecule has 0 aliphatic heterocycles. The van der Waals surface area contributed by atoms with Crippen LogP contribution in [0.4, 0.5) is 0 Å². The molecule has 0 aromatic carbocycles. The molecule has 16 heavy (non-hydrogen) atoms. The highest BCUT2D eigenvalue weighted by atomic mass is 16.5. The average Bonchev–Trinajstić information content (AvgIpc) is 2.27. The number of nitrogens with zero attached hydrogens (tertiary/aromatic N) is 1. The SMILES string of the molecule is COCCC(N)CN(C)CC1CCCCC1. The second-order valence-corrected chi connectivity index (χ2v) is 5.27. The lowest BCUT2D eigenvalue weighted by molar-refractivity contribution is 0.172. The molecule has 1 aliphatic carbocycles. The Bertz CT molecular complexity index is 169. The minimum atomic E-state index is 0.258. The van der Waals surface area contributed by atoms with Gasteiger partial charge in [0.1, 0.15) is 0 Å². The Labute approximate surface area is 100 Å². The molecule has 2 N–H and O–H groups in total. The number of hydrogen-bond donors (Lipinski definition) is 1. The Balaban J connectivity index is 2.11. The second-order valence-electron chi connectivity index (χ2n) is 5.27. The number of likely N-dealkylation sites (N-methyl/N-ethyl adjacent to an activating group) is 1. The van der Waals surface area contributed by atoms with Crippen LogP contribution in [0.1, 0.15) is 38.5 Å². The Kier molecular flexibility index (Phi) is 7.01. The number of hydrogen-bond acceptors (Lipinski definition) is 3. The van der Waals surface area contributed by atoms with Crippen LogP contribution in [-0.2, 0) is 4.74 Å². The van der Waals surface area contributed by atoms with E-state index in [1.165, 1.54) is 38.6 Å². The molecule has 0 radical (unpaired) electrons. The first-order chi connectivity index (χ1) is 7.72. The van der Waals surface area contributed by atoms with Crippen LogP contribution in [0, 0.1) is 5.92 Å². The molecule has 1 rings (SSSR count). The summed E-state index contributed by atoms with van der Waals surface area (Å²) in [5, 5.41) is 0. The Hall–Kier alpha value is -0.120. The predicted molar refractivity (Wildman–Crippen MR) is 68.5 cm³/mol. The summed E-state index contributed by atoms with van der Waals surface area (Å²) in [5.41, 5.74) is 6.04. The third-order valence-corrected chi connectivity index (χ3v) is 3.53. The Morgan fingerprint density at radius 3 is 2.62 bits per heavy atom. The molecular formula is C13H28N2O. The van der Waals surface area contributed by atoms with Gasteiger partial charge in [-0.1, -0.05) is 19.3 Å². The summed E-state index contributed by atoms with van der Waals surface area (Å²) in [6, 6.07) is 0.258. The van der Waals surface area contributed by atoms with Crippen molar-refractivity contribution in [3.05, 3.63) is 0 Å². The van der Waals surface area contributed by atoms with Gasteiger partial charge in [-0.3, -0.25) is 0 Å². The summed E-state index contributed by atoms with van der Waals surface area (Å²) < 4.78 is 5.05. The zero-order chi connectivity index (χ0) is 11.8. The summed E-state index contributed by atoms with van der Waals surface area (Å²) in [4.78, 5) is 2.40. The average molecular weight is 228 g/mol. The van der Waals surface area contributed by atoms with Crippen molar-refractivity contribution in [2.24, 2.45) is 11.7 Å². The van der Waals surface area contributed by atoms with Crippen molar-refractivity contribution >= 4 is 0 Å². The monoisotopic (exact) mass is 228 g/mol. The molecule has 0 aromatic heterocycles. The topological polar surface area (TPSA) is 38.5 Å². The lowest BCUT2D eigenvalue weighted by Gasteiger charge is -2.28. The van der Waals surface area contributed by atoms with E-state index in [-0.39, 0.29) is 6.04 Å². The van der Waals surface area contributed by atoms with Gasteiger partial charge in [0.15, 0.2) is 0 Å². The fourth-order valence-corrected chi connectivity index (χ4v) is 2.65. The molecule has 1 fully saturated rings. The van der Waals surface area contributed by atoms with Crippen molar-refractivity contribution in [1.29, 1.82) is 0 Å². The lowest BCUT2D eigenvalue weighted by Crippen LogP contribution is -2.38. The molecule has 0 saturated heterocycles. The third-order valence-electron chi connectivity index (χ3n) is 3.53.